The highest BCUT2D eigenvalue weighted by Gasteiger charge is 2.19. The van der Waals surface area contributed by atoms with Gasteiger partial charge in [-0.15, -0.1) is 0 Å². The maximum absolute atomic E-state index is 15.8. The van der Waals surface area contributed by atoms with Crippen molar-refractivity contribution in [2.75, 3.05) is 0 Å². The van der Waals surface area contributed by atoms with Crippen LogP contribution in [-0.2, 0) is 0 Å². The number of nitrogens with zero attached hydrogens (tertiary/aromatic N) is 3. The zero-order chi connectivity index (χ0) is 29.0. The second-order valence-electron chi connectivity index (χ2n) is 10.2. The number of benzene rings is 6. The van der Waals surface area contributed by atoms with E-state index in [4.69, 9.17) is 15.0 Å². The highest BCUT2D eigenvalue weighted by molar-refractivity contribution is 5.95. The van der Waals surface area contributed by atoms with Crippen molar-refractivity contribution >= 4 is 0 Å². The van der Waals surface area contributed by atoms with Crippen molar-refractivity contribution in [2.45, 2.75) is 0 Å². The molecule has 0 N–H and O–H groups in total. The highest BCUT2D eigenvalue weighted by atomic mass is 19.1. The average molecular weight is 556 g/mol. The van der Waals surface area contributed by atoms with Crippen LogP contribution in [0.3, 0.4) is 0 Å². The molecule has 0 atom stereocenters. The molecule has 0 bridgehead atoms. The van der Waals surface area contributed by atoms with Gasteiger partial charge in [0.2, 0.25) is 0 Å². The Labute approximate surface area is 250 Å². The minimum Gasteiger partial charge on any atom is -0.208 e. The molecule has 0 saturated carbocycles. The van der Waals surface area contributed by atoms with Crippen molar-refractivity contribution in [3.8, 4) is 67.5 Å². The summed E-state index contributed by atoms with van der Waals surface area (Å²) >= 11 is 0. The summed E-state index contributed by atoms with van der Waals surface area (Å²) in [7, 11) is 0. The van der Waals surface area contributed by atoms with E-state index in [1.807, 2.05) is 109 Å². The summed E-state index contributed by atoms with van der Waals surface area (Å²) in [6.45, 7) is 0. The molecule has 7 rings (SSSR count). The summed E-state index contributed by atoms with van der Waals surface area (Å²) in [5, 5.41) is 0. The third kappa shape index (κ3) is 5.34. The molecule has 1 aromatic heterocycles. The van der Waals surface area contributed by atoms with Gasteiger partial charge in [0.25, 0.3) is 0 Å². The van der Waals surface area contributed by atoms with Crippen molar-refractivity contribution in [1.82, 2.24) is 15.0 Å². The van der Waals surface area contributed by atoms with E-state index < -0.39 is 5.82 Å². The molecule has 204 valence electrons. The molecule has 43 heavy (non-hydrogen) atoms. The van der Waals surface area contributed by atoms with Crippen LogP contribution in [0, 0.1) is 5.82 Å². The molecule has 0 amide bonds. The van der Waals surface area contributed by atoms with E-state index in [1.165, 1.54) is 6.07 Å². The average Bonchev–Trinajstić information content (AvgIpc) is 3.09. The van der Waals surface area contributed by atoms with Gasteiger partial charge in [0.15, 0.2) is 17.5 Å². The van der Waals surface area contributed by atoms with Crippen LogP contribution in [0.2, 0.25) is 0 Å². The van der Waals surface area contributed by atoms with Crippen LogP contribution in [0.25, 0.3) is 67.5 Å². The third-order valence-electron chi connectivity index (χ3n) is 7.43. The zero-order valence-corrected chi connectivity index (χ0v) is 23.2. The molecule has 0 unspecified atom stereocenters. The molecular weight excluding hydrogens is 529 g/mol. The minimum absolute atomic E-state index is 0.283. The summed E-state index contributed by atoms with van der Waals surface area (Å²) in [6.07, 6.45) is 0. The zero-order valence-electron chi connectivity index (χ0n) is 23.2. The Morgan fingerprint density at radius 1 is 0.326 bits per heavy atom. The summed E-state index contributed by atoms with van der Waals surface area (Å²) in [4.78, 5) is 14.4. The van der Waals surface area contributed by atoms with Crippen LogP contribution < -0.4 is 0 Å². The number of halogens is 1. The molecule has 4 heteroatoms. The lowest BCUT2D eigenvalue weighted by atomic mass is 9.87. The van der Waals surface area contributed by atoms with Crippen LogP contribution in [0.1, 0.15) is 0 Å². The number of hydrogen-bond donors (Lipinski definition) is 0. The smallest absolute Gasteiger partial charge is 0.167 e. The Bertz CT molecular complexity index is 1890. The summed E-state index contributed by atoms with van der Waals surface area (Å²) in [5.74, 6) is 0.866. The van der Waals surface area contributed by atoms with Gasteiger partial charge < -0.3 is 0 Å². The molecule has 0 radical (unpaired) electrons. The normalized spacial score (nSPS) is 10.9. The topological polar surface area (TPSA) is 38.7 Å². The van der Waals surface area contributed by atoms with Gasteiger partial charge in [-0.2, -0.15) is 0 Å². The van der Waals surface area contributed by atoms with Gasteiger partial charge in [-0.25, -0.2) is 19.3 Å². The summed E-state index contributed by atoms with van der Waals surface area (Å²) in [5.41, 5.74) is 8.16. The molecule has 7 aromatic rings. The van der Waals surface area contributed by atoms with Gasteiger partial charge in [0, 0.05) is 11.1 Å². The second-order valence-corrected chi connectivity index (χ2v) is 10.2. The Kier molecular flexibility index (Phi) is 7.08. The van der Waals surface area contributed by atoms with E-state index in [9.17, 15) is 0 Å². The Morgan fingerprint density at radius 3 is 1.21 bits per heavy atom. The van der Waals surface area contributed by atoms with E-state index in [-0.39, 0.29) is 5.82 Å². The van der Waals surface area contributed by atoms with E-state index in [2.05, 4.69) is 42.5 Å². The predicted molar refractivity (Wildman–Crippen MR) is 172 cm³/mol. The fourth-order valence-electron chi connectivity index (χ4n) is 5.36. The first-order valence-electron chi connectivity index (χ1n) is 14.2. The standard InChI is InChI=1S/C39H26FN3/c40-35-25-24-31(36-32(27-14-5-1-6-15-27)22-13-23-33(36)28-16-7-2-8-17-28)26-34(35)39-42-37(29-18-9-3-10-19-29)41-38(43-39)30-20-11-4-12-21-30/h1-26H. The maximum atomic E-state index is 15.8. The number of aromatic nitrogens is 3. The molecule has 6 aromatic carbocycles. The van der Waals surface area contributed by atoms with Gasteiger partial charge >= 0.3 is 0 Å². The summed E-state index contributed by atoms with van der Waals surface area (Å²) in [6, 6.07) is 51.5. The van der Waals surface area contributed by atoms with Crippen molar-refractivity contribution in [1.29, 1.82) is 0 Å². The first kappa shape index (κ1) is 26.2. The van der Waals surface area contributed by atoms with Crippen LogP contribution in [0.15, 0.2) is 158 Å². The van der Waals surface area contributed by atoms with Crippen LogP contribution in [0.4, 0.5) is 4.39 Å². The monoisotopic (exact) mass is 555 g/mol. The lowest BCUT2D eigenvalue weighted by Crippen LogP contribution is -2.01. The lowest BCUT2D eigenvalue weighted by Gasteiger charge is -2.17. The predicted octanol–water partition coefficient (Wildman–Crippen LogP) is 10.0. The Balaban J connectivity index is 1.46. The number of hydrogen-bond acceptors (Lipinski definition) is 3. The quantitative estimate of drug-likeness (QED) is 0.205. The maximum Gasteiger partial charge on any atom is 0.167 e. The van der Waals surface area contributed by atoms with Crippen molar-refractivity contribution in [2.24, 2.45) is 0 Å². The largest absolute Gasteiger partial charge is 0.208 e. The molecule has 0 aliphatic rings. The molecular formula is C39H26FN3. The van der Waals surface area contributed by atoms with E-state index in [0.717, 1.165) is 44.5 Å². The first-order valence-corrected chi connectivity index (χ1v) is 14.2. The number of rotatable bonds is 6. The molecule has 3 nitrogen and oxygen atoms in total. The molecule has 0 spiro atoms. The fourth-order valence-corrected chi connectivity index (χ4v) is 5.36. The van der Waals surface area contributed by atoms with E-state index >= 15 is 4.39 Å². The molecule has 0 saturated heterocycles. The Hall–Kier alpha value is -5.74. The van der Waals surface area contributed by atoms with Gasteiger partial charge in [-0.3, -0.25) is 0 Å². The van der Waals surface area contributed by atoms with E-state index in [1.54, 1.807) is 0 Å². The van der Waals surface area contributed by atoms with Gasteiger partial charge in [0.05, 0.1) is 5.56 Å². The van der Waals surface area contributed by atoms with E-state index in [0.29, 0.717) is 17.2 Å². The van der Waals surface area contributed by atoms with Crippen LogP contribution in [0.5, 0.6) is 0 Å². The summed E-state index contributed by atoms with van der Waals surface area (Å²) < 4.78 is 15.8. The Morgan fingerprint density at radius 2 is 0.744 bits per heavy atom. The lowest BCUT2D eigenvalue weighted by molar-refractivity contribution is 0.630. The molecule has 0 aliphatic heterocycles. The second kappa shape index (κ2) is 11.6. The first-order chi connectivity index (χ1) is 21.2. The van der Waals surface area contributed by atoms with Gasteiger partial charge in [-0.05, 0) is 45.5 Å². The third-order valence-corrected chi connectivity index (χ3v) is 7.43. The van der Waals surface area contributed by atoms with Crippen LogP contribution >= 0.6 is 0 Å². The van der Waals surface area contributed by atoms with Crippen LogP contribution in [-0.4, -0.2) is 15.0 Å². The van der Waals surface area contributed by atoms with Gasteiger partial charge in [0.1, 0.15) is 5.82 Å². The van der Waals surface area contributed by atoms with Crippen molar-refractivity contribution in [3.63, 3.8) is 0 Å². The SMILES string of the molecule is Fc1ccc(-c2c(-c3ccccc3)cccc2-c2ccccc2)cc1-c1nc(-c2ccccc2)nc(-c2ccccc2)n1. The minimum atomic E-state index is -0.397. The molecule has 0 aliphatic carbocycles. The van der Waals surface area contributed by atoms with Gasteiger partial charge in [-0.1, -0.05) is 146 Å². The molecule has 0 fully saturated rings. The molecule has 1 heterocycles. The van der Waals surface area contributed by atoms with Crippen molar-refractivity contribution in [3.05, 3.63) is 164 Å². The highest BCUT2D eigenvalue weighted by Crippen LogP contribution is 2.41. The van der Waals surface area contributed by atoms with Crippen molar-refractivity contribution < 1.29 is 4.39 Å². The fraction of sp³-hybridized carbons (Fsp3) is 0.